The first-order valence-electron chi connectivity index (χ1n) is 8.50. The second kappa shape index (κ2) is 7.29. The molecule has 1 N–H and O–H groups in total. The summed E-state index contributed by atoms with van der Waals surface area (Å²) in [4.78, 5) is 38.2. The van der Waals surface area contributed by atoms with Gasteiger partial charge in [0.1, 0.15) is 11.2 Å². The van der Waals surface area contributed by atoms with Crippen LogP contribution in [0.5, 0.6) is 0 Å². The van der Waals surface area contributed by atoms with Gasteiger partial charge in [-0.15, -0.1) is 11.3 Å². The van der Waals surface area contributed by atoms with Crippen LogP contribution in [0.4, 0.5) is 0 Å². The minimum atomic E-state index is -0.502. The Bertz CT molecular complexity index is 1070. The number of rotatable bonds is 5. The second-order valence-corrected chi connectivity index (χ2v) is 7.26. The molecule has 0 aliphatic heterocycles. The summed E-state index contributed by atoms with van der Waals surface area (Å²) in [6, 6.07) is 7.30. The van der Waals surface area contributed by atoms with E-state index in [1.54, 1.807) is 23.6 Å². The van der Waals surface area contributed by atoms with Crippen LogP contribution in [-0.4, -0.2) is 21.6 Å². The van der Waals surface area contributed by atoms with Gasteiger partial charge in [0.05, 0.1) is 11.2 Å². The zero-order valence-electron chi connectivity index (χ0n) is 15.0. The highest BCUT2D eigenvalue weighted by molar-refractivity contribution is 7.17. The van der Waals surface area contributed by atoms with Crippen LogP contribution in [0.25, 0.3) is 15.9 Å². The lowest BCUT2D eigenvalue weighted by atomic mass is 10.1. The summed E-state index contributed by atoms with van der Waals surface area (Å²) in [5.41, 5.74) is 2.09. The number of carbonyl (C=O) groups is 1. The van der Waals surface area contributed by atoms with E-state index in [4.69, 9.17) is 0 Å². The van der Waals surface area contributed by atoms with Gasteiger partial charge in [0.2, 0.25) is 5.91 Å². The molecule has 2 aromatic heterocycles. The predicted molar refractivity (Wildman–Crippen MR) is 104 cm³/mol. The quantitative estimate of drug-likeness (QED) is 0.748. The summed E-state index contributed by atoms with van der Waals surface area (Å²) in [5.74, 6) is -0.243. The maximum Gasteiger partial charge on any atom is 0.336 e. The highest BCUT2D eigenvalue weighted by atomic mass is 32.1. The van der Waals surface area contributed by atoms with Crippen molar-refractivity contribution in [3.63, 3.8) is 0 Å². The normalized spacial score (nSPS) is 11.0. The number of hydrogen-bond acceptors (Lipinski definition) is 4. The average Bonchev–Trinajstić information content (AvgIpc) is 3.06. The Hall–Kier alpha value is -2.67. The summed E-state index contributed by atoms with van der Waals surface area (Å²) in [6.07, 6.45) is 0.816. The molecule has 0 bridgehead atoms. The zero-order chi connectivity index (χ0) is 18.8. The Morgan fingerprint density at radius 2 is 1.85 bits per heavy atom. The van der Waals surface area contributed by atoms with Gasteiger partial charge in [-0.1, -0.05) is 13.0 Å². The van der Waals surface area contributed by atoms with Crippen molar-refractivity contribution in [1.29, 1.82) is 0 Å². The molecule has 0 saturated heterocycles. The van der Waals surface area contributed by atoms with E-state index in [2.05, 4.69) is 5.32 Å². The second-order valence-electron chi connectivity index (χ2n) is 6.34. The molecule has 0 spiro atoms. The van der Waals surface area contributed by atoms with E-state index >= 15 is 0 Å². The molecule has 3 aromatic rings. The predicted octanol–water partition coefficient (Wildman–Crippen LogP) is 2.36. The molecule has 0 fully saturated rings. The Morgan fingerprint density at radius 1 is 1.15 bits per heavy atom. The number of amides is 1. The molecule has 136 valence electrons. The molecule has 3 rings (SSSR count). The molecule has 0 atom stereocenters. The molecule has 0 saturated carbocycles. The van der Waals surface area contributed by atoms with E-state index in [-0.39, 0.29) is 18.0 Å². The maximum atomic E-state index is 13.1. The van der Waals surface area contributed by atoms with Crippen LogP contribution in [0, 0.1) is 13.8 Å². The smallest absolute Gasteiger partial charge is 0.336 e. The number of aryl methyl sites for hydroxylation is 2. The van der Waals surface area contributed by atoms with Crippen LogP contribution >= 0.6 is 11.3 Å². The maximum absolute atomic E-state index is 13.1. The fourth-order valence-corrected chi connectivity index (χ4v) is 3.84. The molecule has 6 nitrogen and oxygen atoms in total. The minimum absolute atomic E-state index is 0.114. The molecule has 1 aromatic carbocycles. The van der Waals surface area contributed by atoms with E-state index in [9.17, 15) is 14.4 Å². The van der Waals surface area contributed by atoms with E-state index < -0.39 is 5.69 Å². The molecule has 0 aliphatic carbocycles. The van der Waals surface area contributed by atoms with Gasteiger partial charge in [-0.3, -0.25) is 14.2 Å². The van der Waals surface area contributed by atoms with Crippen LogP contribution in [0.1, 0.15) is 24.5 Å². The highest BCUT2D eigenvalue weighted by Gasteiger charge is 2.17. The van der Waals surface area contributed by atoms with Crippen molar-refractivity contribution in [3.05, 3.63) is 61.6 Å². The van der Waals surface area contributed by atoms with Crippen LogP contribution in [0.2, 0.25) is 0 Å². The molecule has 7 heteroatoms. The SMILES string of the molecule is CCCNC(=O)Cn1c(=O)n(-c2cc(C)cc(C)c2)c(=O)c2sccc21. The van der Waals surface area contributed by atoms with Gasteiger partial charge in [-0.05, 0) is 55.0 Å². The van der Waals surface area contributed by atoms with Gasteiger partial charge in [-0.2, -0.15) is 0 Å². The number of nitrogens with zero attached hydrogens (tertiary/aromatic N) is 2. The molecular formula is C19H21N3O3S. The van der Waals surface area contributed by atoms with Crippen molar-refractivity contribution in [3.8, 4) is 5.69 Å². The van der Waals surface area contributed by atoms with Crippen molar-refractivity contribution in [2.75, 3.05) is 6.54 Å². The van der Waals surface area contributed by atoms with Gasteiger partial charge in [-0.25, -0.2) is 9.36 Å². The minimum Gasteiger partial charge on any atom is -0.355 e. The molecule has 26 heavy (non-hydrogen) atoms. The van der Waals surface area contributed by atoms with Crippen molar-refractivity contribution >= 4 is 27.5 Å². The number of nitrogens with one attached hydrogen (secondary N) is 1. The van der Waals surface area contributed by atoms with Gasteiger partial charge in [0.15, 0.2) is 0 Å². The Labute approximate surface area is 154 Å². The first kappa shape index (κ1) is 18.1. The van der Waals surface area contributed by atoms with Crippen LogP contribution in [0.15, 0.2) is 39.2 Å². The summed E-state index contributed by atoms with van der Waals surface area (Å²) in [5, 5.41) is 4.54. The fraction of sp³-hybridized carbons (Fsp3) is 0.316. The van der Waals surface area contributed by atoms with Gasteiger partial charge in [0, 0.05) is 6.54 Å². The molecular weight excluding hydrogens is 350 g/mol. The Balaban J connectivity index is 2.23. The average molecular weight is 371 g/mol. The monoisotopic (exact) mass is 371 g/mol. The lowest BCUT2D eigenvalue weighted by Crippen LogP contribution is -2.41. The van der Waals surface area contributed by atoms with E-state index in [1.165, 1.54) is 15.9 Å². The summed E-state index contributed by atoms with van der Waals surface area (Å²) in [6.45, 7) is 6.24. The van der Waals surface area contributed by atoms with Crippen LogP contribution < -0.4 is 16.6 Å². The fourth-order valence-electron chi connectivity index (χ4n) is 3.01. The van der Waals surface area contributed by atoms with E-state index in [1.807, 2.05) is 26.8 Å². The van der Waals surface area contributed by atoms with E-state index in [0.29, 0.717) is 22.4 Å². The molecule has 2 heterocycles. The van der Waals surface area contributed by atoms with Crippen molar-refractivity contribution in [2.45, 2.75) is 33.7 Å². The molecule has 1 amide bonds. The van der Waals surface area contributed by atoms with Crippen LogP contribution in [0.3, 0.4) is 0 Å². The third-order valence-electron chi connectivity index (χ3n) is 4.09. The standard InChI is InChI=1S/C19H21N3O3S/c1-4-6-20-16(23)11-21-15-5-7-26-17(15)18(24)22(19(21)25)14-9-12(2)8-13(3)10-14/h5,7-10H,4,6,11H2,1-3H3,(H,20,23). The first-order chi connectivity index (χ1) is 12.4. The number of hydrogen-bond donors (Lipinski definition) is 1. The molecule has 0 unspecified atom stereocenters. The van der Waals surface area contributed by atoms with Gasteiger partial charge < -0.3 is 5.32 Å². The zero-order valence-corrected chi connectivity index (χ0v) is 15.9. The number of aromatic nitrogens is 2. The number of carbonyl (C=O) groups excluding carboxylic acids is 1. The Morgan fingerprint density at radius 3 is 2.50 bits per heavy atom. The van der Waals surface area contributed by atoms with E-state index in [0.717, 1.165) is 22.1 Å². The number of thiophene rings is 1. The molecule has 0 radical (unpaired) electrons. The molecule has 0 aliphatic rings. The topological polar surface area (TPSA) is 73.1 Å². The van der Waals surface area contributed by atoms with Crippen LogP contribution in [-0.2, 0) is 11.3 Å². The lowest BCUT2D eigenvalue weighted by molar-refractivity contribution is -0.121. The summed E-state index contributed by atoms with van der Waals surface area (Å²) >= 11 is 1.27. The highest BCUT2D eigenvalue weighted by Crippen LogP contribution is 2.17. The van der Waals surface area contributed by atoms with Crippen molar-refractivity contribution in [1.82, 2.24) is 14.5 Å². The number of benzene rings is 1. The van der Waals surface area contributed by atoms with Gasteiger partial charge >= 0.3 is 5.69 Å². The largest absolute Gasteiger partial charge is 0.355 e. The third kappa shape index (κ3) is 3.35. The number of fused-ring (bicyclic) bond motifs is 1. The van der Waals surface area contributed by atoms with Crippen molar-refractivity contribution < 1.29 is 4.79 Å². The van der Waals surface area contributed by atoms with Gasteiger partial charge in [0.25, 0.3) is 5.56 Å². The summed E-state index contributed by atoms with van der Waals surface area (Å²) < 4.78 is 2.99. The van der Waals surface area contributed by atoms with Crippen molar-refractivity contribution in [2.24, 2.45) is 0 Å². The third-order valence-corrected chi connectivity index (χ3v) is 4.98. The first-order valence-corrected chi connectivity index (χ1v) is 9.38. The summed E-state index contributed by atoms with van der Waals surface area (Å²) in [7, 11) is 0. The Kier molecular flexibility index (Phi) is 5.08. The lowest BCUT2D eigenvalue weighted by Gasteiger charge is -2.13.